The van der Waals surface area contributed by atoms with Crippen molar-refractivity contribution in [3.8, 4) is 11.5 Å². The van der Waals surface area contributed by atoms with E-state index in [1.807, 2.05) is 0 Å². The molecule has 0 spiro atoms. The zero-order valence-corrected chi connectivity index (χ0v) is 12.9. The summed E-state index contributed by atoms with van der Waals surface area (Å²) in [6, 6.07) is 8.62. The number of hydrogen-bond donors (Lipinski definition) is 0. The van der Waals surface area contributed by atoms with Crippen molar-refractivity contribution >= 4 is 0 Å². The largest absolute Gasteiger partial charge is 0.339 e. The molecule has 1 aliphatic rings. The number of likely N-dealkylation sites (tertiary alicyclic amines) is 1. The predicted octanol–water partition coefficient (Wildman–Crippen LogP) is 2.43. The Morgan fingerprint density at radius 2 is 2.17 bits per heavy atom. The second kappa shape index (κ2) is 5.89. The molecule has 0 radical (unpaired) electrons. The van der Waals surface area contributed by atoms with E-state index >= 15 is 0 Å². The number of rotatable bonds is 4. The summed E-state index contributed by atoms with van der Waals surface area (Å²) in [6.45, 7) is 4.96. The first-order valence-corrected chi connectivity index (χ1v) is 7.66. The lowest BCUT2D eigenvalue weighted by Crippen LogP contribution is -2.44. The summed E-state index contributed by atoms with van der Waals surface area (Å²) < 4.78 is 5.39. The van der Waals surface area contributed by atoms with Gasteiger partial charge in [0.05, 0.1) is 12.1 Å². The Morgan fingerprint density at radius 3 is 2.96 bits per heavy atom. The van der Waals surface area contributed by atoms with Crippen molar-refractivity contribution in [3.05, 3.63) is 59.9 Å². The fourth-order valence-corrected chi connectivity index (χ4v) is 2.84. The molecule has 0 saturated carbocycles. The minimum atomic E-state index is 0.303. The molecular weight excluding hydrogens is 290 g/mol. The van der Waals surface area contributed by atoms with Crippen molar-refractivity contribution in [1.82, 2.24) is 25.0 Å². The fourth-order valence-electron chi connectivity index (χ4n) is 2.84. The van der Waals surface area contributed by atoms with Gasteiger partial charge in [0.1, 0.15) is 5.69 Å². The maximum absolute atomic E-state index is 5.39. The summed E-state index contributed by atoms with van der Waals surface area (Å²) in [4.78, 5) is 15.0. The Hall–Kier alpha value is -2.60. The molecule has 0 N–H and O–H groups in total. The molecule has 6 heteroatoms. The fraction of sp³-hybridized carbons (Fsp3) is 0.294. The van der Waals surface area contributed by atoms with Crippen molar-refractivity contribution in [2.24, 2.45) is 0 Å². The van der Waals surface area contributed by atoms with Gasteiger partial charge in [-0.3, -0.25) is 9.88 Å². The van der Waals surface area contributed by atoms with Crippen LogP contribution in [0.5, 0.6) is 0 Å². The maximum atomic E-state index is 5.39. The van der Waals surface area contributed by atoms with Gasteiger partial charge in [0.15, 0.2) is 0 Å². The quantitative estimate of drug-likeness (QED) is 0.737. The molecule has 0 atom stereocenters. The number of aromatic nitrogens is 4. The third kappa shape index (κ3) is 2.98. The molecule has 0 aliphatic carbocycles. The van der Waals surface area contributed by atoms with Crippen molar-refractivity contribution in [1.29, 1.82) is 0 Å². The highest BCUT2D eigenvalue weighted by atomic mass is 16.5. The normalized spacial score (nSPS) is 15.5. The highest BCUT2D eigenvalue weighted by molar-refractivity contribution is 5.45. The van der Waals surface area contributed by atoms with Crippen LogP contribution in [-0.2, 0) is 6.54 Å². The van der Waals surface area contributed by atoms with Gasteiger partial charge in [0.2, 0.25) is 11.7 Å². The summed E-state index contributed by atoms with van der Waals surface area (Å²) in [5.74, 6) is 1.49. The Morgan fingerprint density at radius 1 is 1.26 bits per heavy atom. The molecule has 3 heterocycles. The van der Waals surface area contributed by atoms with Crippen LogP contribution in [0.15, 0.2) is 47.4 Å². The van der Waals surface area contributed by atoms with E-state index in [-0.39, 0.29) is 0 Å². The van der Waals surface area contributed by atoms with Crippen LogP contribution in [0.4, 0.5) is 0 Å². The van der Waals surface area contributed by atoms with Gasteiger partial charge >= 0.3 is 0 Å². The number of benzene rings is 1. The van der Waals surface area contributed by atoms with Gasteiger partial charge in [-0.05, 0) is 12.5 Å². The zero-order chi connectivity index (χ0) is 15.6. The summed E-state index contributed by atoms with van der Waals surface area (Å²) in [5.41, 5.74) is 3.28. The summed E-state index contributed by atoms with van der Waals surface area (Å²) in [5, 5.41) is 4.00. The minimum Gasteiger partial charge on any atom is -0.339 e. The van der Waals surface area contributed by atoms with Gasteiger partial charge in [-0.25, -0.2) is 4.98 Å². The molecule has 0 unspecified atom stereocenters. The van der Waals surface area contributed by atoms with Gasteiger partial charge in [-0.15, -0.1) is 0 Å². The minimum absolute atomic E-state index is 0.303. The molecule has 0 amide bonds. The van der Waals surface area contributed by atoms with Crippen LogP contribution in [0.1, 0.15) is 22.9 Å². The van der Waals surface area contributed by atoms with E-state index in [1.54, 1.807) is 18.6 Å². The van der Waals surface area contributed by atoms with Gasteiger partial charge < -0.3 is 4.52 Å². The molecule has 23 heavy (non-hydrogen) atoms. The maximum Gasteiger partial charge on any atom is 0.232 e. The first-order chi connectivity index (χ1) is 11.3. The van der Waals surface area contributed by atoms with E-state index in [1.165, 1.54) is 11.1 Å². The predicted molar refractivity (Wildman–Crippen MR) is 84.5 cm³/mol. The standard InChI is InChI=1S/C17H17N5O/c1-12-3-2-4-13(7-12)9-22-10-14(11-22)17-20-16(21-23-17)15-8-18-5-6-19-15/h2-8,14H,9-11H2,1H3. The third-order valence-electron chi connectivity index (χ3n) is 4.03. The van der Waals surface area contributed by atoms with E-state index in [0.29, 0.717) is 23.3 Å². The summed E-state index contributed by atoms with van der Waals surface area (Å²) >= 11 is 0. The van der Waals surface area contributed by atoms with Crippen molar-refractivity contribution in [3.63, 3.8) is 0 Å². The van der Waals surface area contributed by atoms with E-state index in [0.717, 1.165) is 19.6 Å². The molecule has 1 saturated heterocycles. The Balaban J connectivity index is 1.38. The molecule has 0 bridgehead atoms. The first kappa shape index (κ1) is 14.0. The smallest absolute Gasteiger partial charge is 0.232 e. The number of hydrogen-bond acceptors (Lipinski definition) is 6. The average Bonchev–Trinajstić information content (AvgIpc) is 3.01. The van der Waals surface area contributed by atoms with Crippen molar-refractivity contribution in [2.75, 3.05) is 13.1 Å². The van der Waals surface area contributed by atoms with Gasteiger partial charge in [0.25, 0.3) is 0 Å². The van der Waals surface area contributed by atoms with Crippen LogP contribution in [-0.4, -0.2) is 38.1 Å². The van der Waals surface area contributed by atoms with Crippen LogP contribution in [0.2, 0.25) is 0 Å². The molecule has 116 valence electrons. The SMILES string of the molecule is Cc1cccc(CN2CC(c3nc(-c4cnccn4)no3)C2)c1. The highest BCUT2D eigenvalue weighted by Gasteiger charge is 2.32. The second-order valence-corrected chi connectivity index (χ2v) is 5.93. The highest BCUT2D eigenvalue weighted by Crippen LogP contribution is 2.28. The summed E-state index contributed by atoms with van der Waals surface area (Å²) in [7, 11) is 0. The monoisotopic (exact) mass is 307 g/mol. The van der Waals surface area contributed by atoms with Crippen LogP contribution >= 0.6 is 0 Å². The molecule has 6 nitrogen and oxygen atoms in total. The Labute approximate surface area is 134 Å². The molecule has 3 aromatic rings. The molecular formula is C17H17N5O. The second-order valence-electron chi connectivity index (χ2n) is 5.93. The molecule has 2 aromatic heterocycles. The Bertz CT molecular complexity index is 796. The van der Waals surface area contributed by atoms with Gasteiger partial charge in [-0.1, -0.05) is 35.0 Å². The zero-order valence-electron chi connectivity index (χ0n) is 12.9. The molecule has 1 fully saturated rings. The lowest BCUT2D eigenvalue weighted by molar-refractivity contribution is 0.117. The van der Waals surface area contributed by atoms with Crippen LogP contribution in [0.25, 0.3) is 11.5 Å². The van der Waals surface area contributed by atoms with Crippen molar-refractivity contribution < 1.29 is 4.52 Å². The van der Waals surface area contributed by atoms with Gasteiger partial charge in [-0.2, -0.15) is 4.98 Å². The van der Waals surface area contributed by atoms with E-state index in [9.17, 15) is 0 Å². The summed E-state index contributed by atoms with van der Waals surface area (Å²) in [6.07, 6.45) is 4.89. The van der Waals surface area contributed by atoms with Gasteiger partial charge in [0, 0.05) is 32.0 Å². The Kier molecular flexibility index (Phi) is 3.59. The lowest BCUT2D eigenvalue weighted by Gasteiger charge is -2.37. The van der Waals surface area contributed by atoms with Crippen LogP contribution < -0.4 is 0 Å². The van der Waals surface area contributed by atoms with E-state index < -0.39 is 0 Å². The molecule has 1 aliphatic heterocycles. The van der Waals surface area contributed by atoms with E-state index in [4.69, 9.17) is 4.52 Å². The molecule has 4 rings (SSSR count). The third-order valence-corrected chi connectivity index (χ3v) is 4.03. The van der Waals surface area contributed by atoms with E-state index in [2.05, 4.69) is 56.2 Å². The van der Waals surface area contributed by atoms with Crippen LogP contribution in [0, 0.1) is 6.92 Å². The molecule has 1 aromatic carbocycles. The topological polar surface area (TPSA) is 67.9 Å². The van der Waals surface area contributed by atoms with Crippen molar-refractivity contribution in [2.45, 2.75) is 19.4 Å². The lowest BCUT2D eigenvalue weighted by atomic mass is 9.99. The first-order valence-electron chi connectivity index (χ1n) is 7.66. The average molecular weight is 307 g/mol. The van der Waals surface area contributed by atoms with Crippen LogP contribution in [0.3, 0.4) is 0 Å². The number of aryl methyl sites for hydroxylation is 1. The number of nitrogens with zero attached hydrogens (tertiary/aromatic N) is 5.